The van der Waals surface area contributed by atoms with E-state index >= 15 is 0 Å². The van der Waals surface area contributed by atoms with Crippen LogP contribution in [-0.2, 0) is 0 Å². The van der Waals surface area contributed by atoms with Crippen LogP contribution in [0.1, 0.15) is 25.1 Å². The molecule has 1 rings (SSSR count). The van der Waals surface area contributed by atoms with Crippen molar-refractivity contribution in [2.45, 2.75) is 19.4 Å². The zero-order chi connectivity index (χ0) is 8.97. The Bertz CT molecular complexity index is 250. The lowest BCUT2D eigenvalue weighted by molar-refractivity contribution is 0.168. The summed E-state index contributed by atoms with van der Waals surface area (Å²) in [5, 5.41) is 9.43. The Labute approximate surface area is 72.0 Å². The Morgan fingerprint density at radius 3 is 2.92 bits per heavy atom. The Balaban J connectivity index is 2.86. The largest absolute Gasteiger partial charge is 0.481 e. The van der Waals surface area contributed by atoms with Crippen molar-refractivity contribution in [3.8, 4) is 5.88 Å². The molecule has 0 aliphatic heterocycles. The van der Waals surface area contributed by atoms with E-state index in [4.69, 9.17) is 4.74 Å². The van der Waals surface area contributed by atoms with Crippen LogP contribution in [0, 0.1) is 0 Å². The van der Waals surface area contributed by atoms with Crippen LogP contribution in [0.2, 0.25) is 0 Å². The molecule has 0 radical (unpaired) electrons. The maximum atomic E-state index is 9.43. The summed E-state index contributed by atoms with van der Waals surface area (Å²) < 4.78 is 4.93. The minimum atomic E-state index is -0.486. The molecule has 0 aliphatic rings. The van der Waals surface area contributed by atoms with E-state index in [0.29, 0.717) is 18.0 Å². The van der Waals surface area contributed by atoms with E-state index < -0.39 is 6.10 Å². The molecule has 12 heavy (non-hydrogen) atoms. The van der Waals surface area contributed by atoms with Gasteiger partial charge in [-0.2, -0.15) is 0 Å². The molecule has 0 bridgehead atoms. The van der Waals surface area contributed by atoms with Crippen molar-refractivity contribution in [2.24, 2.45) is 0 Å². The number of rotatable bonds is 3. The minimum Gasteiger partial charge on any atom is -0.481 e. The summed E-state index contributed by atoms with van der Waals surface area (Å²) in [6, 6.07) is 5.36. The predicted octanol–water partition coefficient (Wildman–Crippen LogP) is 1.53. The number of methoxy groups -OCH3 is 1. The zero-order valence-corrected chi connectivity index (χ0v) is 7.32. The predicted molar refractivity (Wildman–Crippen MR) is 46.0 cm³/mol. The SMILES string of the molecule is CCC(O)c1cccc(OC)n1. The molecule has 3 heteroatoms. The summed E-state index contributed by atoms with van der Waals surface area (Å²) in [5.41, 5.74) is 0.664. The van der Waals surface area contributed by atoms with Gasteiger partial charge in [0.15, 0.2) is 0 Å². The van der Waals surface area contributed by atoms with E-state index in [-0.39, 0.29) is 0 Å². The number of ether oxygens (including phenoxy) is 1. The van der Waals surface area contributed by atoms with Crippen LogP contribution in [-0.4, -0.2) is 17.2 Å². The van der Waals surface area contributed by atoms with E-state index in [2.05, 4.69) is 4.98 Å². The summed E-state index contributed by atoms with van der Waals surface area (Å²) in [7, 11) is 1.56. The second-order valence-electron chi connectivity index (χ2n) is 2.53. The molecule has 1 aromatic rings. The third-order valence-electron chi connectivity index (χ3n) is 1.68. The molecule has 1 aromatic heterocycles. The molecular weight excluding hydrogens is 154 g/mol. The van der Waals surface area contributed by atoms with Gasteiger partial charge in [-0.1, -0.05) is 13.0 Å². The molecular formula is C9H13NO2. The second kappa shape index (κ2) is 4.07. The first-order chi connectivity index (χ1) is 5.77. The van der Waals surface area contributed by atoms with Crippen molar-refractivity contribution in [1.82, 2.24) is 4.98 Å². The zero-order valence-electron chi connectivity index (χ0n) is 7.32. The van der Waals surface area contributed by atoms with Crippen molar-refractivity contribution in [3.63, 3.8) is 0 Å². The first kappa shape index (κ1) is 9.00. The molecule has 1 atom stereocenters. The Morgan fingerprint density at radius 2 is 2.33 bits per heavy atom. The lowest BCUT2D eigenvalue weighted by Gasteiger charge is -2.07. The van der Waals surface area contributed by atoms with Crippen molar-refractivity contribution >= 4 is 0 Å². The fourth-order valence-electron chi connectivity index (χ4n) is 0.939. The van der Waals surface area contributed by atoms with Crippen LogP contribution in [0.3, 0.4) is 0 Å². The van der Waals surface area contributed by atoms with Crippen LogP contribution in [0.5, 0.6) is 5.88 Å². The molecule has 3 nitrogen and oxygen atoms in total. The van der Waals surface area contributed by atoms with Gasteiger partial charge >= 0.3 is 0 Å². The molecule has 0 aliphatic carbocycles. The van der Waals surface area contributed by atoms with Crippen molar-refractivity contribution < 1.29 is 9.84 Å². The van der Waals surface area contributed by atoms with Gasteiger partial charge < -0.3 is 9.84 Å². The number of aliphatic hydroxyl groups is 1. The molecule has 0 saturated heterocycles. The van der Waals surface area contributed by atoms with Crippen LogP contribution < -0.4 is 4.74 Å². The number of hydrogen-bond donors (Lipinski definition) is 1. The summed E-state index contributed by atoms with van der Waals surface area (Å²) in [6.45, 7) is 1.91. The van der Waals surface area contributed by atoms with Gasteiger partial charge in [-0.05, 0) is 12.5 Å². The van der Waals surface area contributed by atoms with Gasteiger partial charge in [0.25, 0.3) is 0 Å². The molecule has 1 heterocycles. The molecule has 0 aromatic carbocycles. The molecule has 0 saturated carbocycles. The van der Waals surface area contributed by atoms with Gasteiger partial charge in [-0.3, -0.25) is 0 Å². The monoisotopic (exact) mass is 167 g/mol. The maximum absolute atomic E-state index is 9.43. The van der Waals surface area contributed by atoms with Gasteiger partial charge in [0.1, 0.15) is 0 Å². The Morgan fingerprint density at radius 1 is 1.58 bits per heavy atom. The third kappa shape index (κ3) is 1.95. The summed E-state index contributed by atoms with van der Waals surface area (Å²) in [4.78, 5) is 4.09. The minimum absolute atomic E-state index is 0.486. The molecule has 0 fully saturated rings. The van der Waals surface area contributed by atoms with Crippen molar-refractivity contribution in [3.05, 3.63) is 23.9 Å². The second-order valence-corrected chi connectivity index (χ2v) is 2.53. The lowest BCUT2D eigenvalue weighted by atomic mass is 10.2. The maximum Gasteiger partial charge on any atom is 0.213 e. The fourth-order valence-corrected chi connectivity index (χ4v) is 0.939. The van der Waals surface area contributed by atoms with E-state index in [1.165, 1.54) is 0 Å². The third-order valence-corrected chi connectivity index (χ3v) is 1.68. The summed E-state index contributed by atoms with van der Waals surface area (Å²) >= 11 is 0. The van der Waals surface area contributed by atoms with Crippen LogP contribution in [0.25, 0.3) is 0 Å². The van der Waals surface area contributed by atoms with Gasteiger partial charge in [0, 0.05) is 6.07 Å². The lowest BCUT2D eigenvalue weighted by Crippen LogP contribution is -1.99. The first-order valence-electron chi connectivity index (χ1n) is 3.97. The highest BCUT2D eigenvalue weighted by Gasteiger charge is 2.06. The summed E-state index contributed by atoms with van der Waals surface area (Å²) in [5.74, 6) is 0.542. The van der Waals surface area contributed by atoms with E-state index in [9.17, 15) is 5.11 Å². The summed E-state index contributed by atoms with van der Waals surface area (Å²) in [6.07, 6.45) is 0.181. The molecule has 66 valence electrons. The quantitative estimate of drug-likeness (QED) is 0.742. The topological polar surface area (TPSA) is 42.4 Å². The molecule has 1 N–H and O–H groups in total. The average Bonchev–Trinajstić information content (AvgIpc) is 2.17. The Hall–Kier alpha value is -1.09. The van der Waals surface area contributed by atoms with E-state index in [1.54, 1.807) is 19.2 Å². The fraction of sp³-hybridized carbons (Fsp3) is 0.444. The number of nitrogens with zero attached hydrogens (tertiary/aromatic N) is 1. The van der Waals surface area contributed by atoms with Gasteiger partial charge in [0.05, 0.1) is 18.9 Å². The van der Waals surface area contributed by atoms with E-state index in [1.807, 2.05) is 13.0 Å². The van der Waals surface area contributed by atoms with Crippen LogP contribution in [0.15, 0.2) is 18.2 Å². The van der Waals surface area contributed by atoms with Gasteiger partial charge in [-0.15, -0.1) is 0 Å². The smallest absolute Gasteiger partial charge is 0.213 e. The number of aliphatic hydroxyl groups excluding tert-OH is 1. The van der Waals surface area contributed by atoms with Gasteiger partial charge in [0.2, 0.25) is 5.88 Å². The standard InChI is InChI=1S/C9H13NO2/c1-3-8(11)7-5-4-6-9(10-7)12-2/h4-6,8,11H,3H2,1-2H3. The van der Waals surface area contributed by atoms with Crippen LogP contribution >= 0.6 is 0 Å². The Kier molecular flexibility index (Phi) is 3.05. The highest BCUT2D eigenvalue weighted by Crippen LogP contribution is 2.16. The normalized spacial score (nSPS) is 12.6. The van der Waals surface area contributed by atoms with Crippen molar-refractivity contribution in [1.29, 1.82) is 0 Å². The van der Waals surface area contributed by atoms with Crippen molar-refractivity contribution in [2.75, 3.05) is 7.11 Å². The average molecular weight is 167 g/mol. The van der Waals surface area contributed by atoms with E-state index in [0.717, 1.165) is 0 Å². The first-order valence-corrected chi connectivity index (χ1v) is 3.97. The number of pyridine rings is 1. The number of aromatic nitrogens is 1. The molecule has 0 amide bonds. The van der Waals surface area contributed by atoms with Gasteiger partial charge in [-0.25, -0.2) is 4.98 Å². The van der Waals surface area contributed by atoms with Crippen LogP contribution in [0.4, 0.5) is 0 Å². The highest BCUT2D eigenvalue weighted by atomic mass is 16.5. The highest BCUT2D eigenvalue weighted by molar-refractivity contribution is 5.16. The molecule has 0 spiro atoms. The number of hydrogen-bond acceptors (Lipinski definition) is 3. The molecule has 1 unspecified atom stereocenters.